The molecule has 1 aromatic carbocycles. The van der Waals surface area contributed by atoms with Gasteiger partial charge in [0.1, 0.15) is 0 Å². The van der Waals surface area contributed by atoms with Crippen LogP contribution in [-0.2, 0) is 15.8 Å². The van der Waals surface area contributed by atoms with Crippen LogP contribution in [0.3, 0.4) is 0 Å². The molecule has 4 nitrogen and oxygen atoms in total. The molecule has 0 spiro atoms. The number of nitrogens with one attached hydrogen (secondary N) is 1. The van der Waals surface area contributed by atoms with Gasteiger partial charge in [0.05, 0.1) is 5.75 Å². The first-order valence-electron chi connectivity index (χ1n) is 7.15. The molecule has 0 radical (unpaired) electrons. The maximum Gasteiger partial charge on any atom is 0.215 e. The fourth-order valence-electron chi connectivity index (χ4n) is 2.25. The Kier molecular flexibility index (Phi) is 6.65. The van der Waals surface area contributed by atoms with Crippen LogP contribution in [0.1, 0.15) is 31.9 Å². The number of hydrogen-bond donors (Lipinski definition) is 1. The summed E-state index contributed by atoms with van der Waals surface area (Å²) in [5.74, 6) is 0.0463. The van der Waals surface area contributed by atoms with Crippen LogP contribution in [0.4, 0.5) is 0 Å². The first-order chi connectivity index (χ1) is 9.39. The van der Waals surface area contributed by atoms with Crippen LogP contribution in [0.15, 0.2) is 24.3 Å². The van der Waals surface area contributed by atoms with E-state index in [1.54, 1.807) is 0 Å². The third-order valence-corrected chi connectivity index (χ3v) is 4.94. The summed E-state index contributed by atoms with van der Waals surface area (Å²) in [4.78, 5) is 2.23. The molecule has 0 amide bonds. The molecular weight excluding hydrogens is 272 g/mol. The molecule has 1 unspecified atom stereocenters. The Hall–Kier alpha value is -0.910. The number of sulfonamides is 1. The van der Waals surface area contributed by atoms with Gasteiger partial charge in [0, 0.05) is 12.6 Å². The predicted molar refractivity (Wildman–Crippen MR) is 84.2 cm³/mol. The highest BCUT2D eigenvalue weighted by atomic mass is 32.2. The van der Waals surface area contributed by atoms with Gasteiger partial charge < -0.3 is 0 Å². The van der Waals surface area contributed by atoms with Gasteiger partial charge >= 0.3 is 0 Å². The monoisotopic (exact) mass is 298 g/mol. The Balaban J connectivity index is 2.61. The van der Waals surface area contributed by atoms with Crippen molar-refractivity contribution in [2.45, 2.75) is 39.5 Å². The van der Waals surface area contributed by atoms with Gasteiger partial charge in [0.25, 0.3) is 0 Å². The highest BCUT2D eigenvalue weighted by molar-refractivity contribution is 7.88. The highest BCUT2D eigenvalue weighted by Gasteiger charge is 2.16. The molecule has 1 aromatic rings. The van der Waals surface area contributed by atoms with Crippen LogP contribution in [0, 0.1) is 6.92 Å². The van der Waals surface area contributed by atoms with E-state index in [0.717, 1.165) is 24.2 Å². The largest absolute Gasteiger partial charge is 0.300 e. The quantitative estimate of drug-likeness (QED) is 0.800. The van der Waals surface area contributed by atoms with Crippen molar-refractivity contribution in [3.8, 4) is 0 Å². The van der Waals surface area contributed by atoms with Crippen molar-refractivity contribution in [2.24, 2.45) is 0 Å². The average molecular weight is 298 g/mol. The number of benzene rings is 1. The van der Waals surface area contributed by atoms with Crippen LogP contribution in [0.2, 0.25) is 0 Å². The van der Waals surface area contributed by atoms with Crippen molar-refractivity contribution in [1.82, 2.24) is 9.62 Å². The van der Waals surface area contributed by atoms with E-state index in [1.165, 1.54) is 0 Å². The van der Waals surface area contributed by atoms with Gasteiger partial charge in [-0.05, 0) is 38.1 Å². The molecule has 0 bridgehead atoms. The molecule has 5 heteroatoms. The lowest BCUT2D eigenvalue weighted by Gasteiger charge is -2.26. The first-order valence-corrected chi connectivity index (χ1v) is 8.80. The summed E-state index contributed by atoms with van der Waals surface area (Å²) in [5.41, 5.74) is 1.87. The van der Waals surface area contributed by atoms with E-state index in [2.05, 4.69) is 23.5 Å². The Morgan fingerprint density at radius 1 is 1.20 bits per heavy atom. The minimum absolute atomic E-state index is 0.0463. The molecule has 0 aromatic heterocycles. The van der Waals surface area contributed by atoms with Gasteiger partial charge in [0.2, 0.25) is 10.0 Å². The summed E-state index contributed by atoms with van der Waals surface area (Å²) >= 11 is 0. The van der Waals surface area contributed by atoms with Crippen molar-refractivity contribution in [2.75, 3.05) is 19.6 Å². The normalized spacial score (nSPS) is 13.7. The maximum absolute atomic E-state index is 12.1. The minimum atomic E-state index is -3.28. The zero-order valence-corrected chi connectivity index (χ0v) is 13.7. The second kappa shape index (κ2) is 7.76. The Morgan fingerprint density at radius 3 is 2.35 bits per heavy atom. The minimum Gasteiger partial charge on any atom is -0.300 e. The molecule has 20 heavy (non-hydrogen) atoms. The summed E-state index contributed by atoms with van der Waals surface area (Å²) in [6.07, 6.45) is 0. The van der Waals surface area contributed by atoms with Gasteiger partial charge in [-0.15, -0.1) is 0 Å². The van der Waals surface area contributed by atoms with Crippen LogP contribution >= 0.6 is 0 Å². The molecule has 0 aliphatic heterocycles. The lowest BCUT2D eigenvalue weighted by Crippen LogP contribution is -2.42. The molecule has 0 heterocycles. The number of rotatable bonds is 8. The Bertz CT molecular complexity index is 510. The summed E-state index contributed by atoms with van der Waals surface area (Å²) in [6, 6.07) is 7.79. The predicted octanol–water partition coefficient (Wildman–Crippen LogP) is 2.14. The number of nitrogens with zero attached hydrogens (tertiary/aromatic N) is 1. The van der Waals surface area contributed by atoms with E-state index in [4.69, 9.17) is 0 Å². The van der Waals surface area contributed by atoms with E-state index < -0.39 is 10.0 Å². The third kappa shape index (κ3) is 5.23. The molecule has 0 aliphatic rings. The van der Waals surface area contributed by atoms with Crippen molar-refractivity contribution >= 4 is 10.0 Å². The molecule has 1 atom stereocenters. The standard InChI is InChI=1S/C15H26N2O2S/c1-5-17(6-2)14(4)11-16-20(18,19)12-15-10-8-7-9-13(15)3/h7-10,14,16H,5-6,11-12H2,1-4H3. The number of likely N-dealkylation sites (N-methyl/N-ethyl adjacent to an activating group) is 1. The van der Waals surface area contributed by atoms with Gasteiger partial charge in [-0.3, -0.25) is 4.90 Å². The highest BCUT2D eigenvalue weighted by Crippen LogP contribution is 2.10. The third-order valence-electron chi connectivity index (χ3n) is 3.64. The van der Waals surface area contributed by atoms with Crippen LogP contribution < -0.4 is 4.72 Å². The van der Waals surface area contributed by atoms with E-state index in [0.29, 0.717) is 6.54 Å². The van der Waals surface area contributed by atoms with Crippen molar-refractivity contribution in [1.29, 1.82) is 0 Å². The SMILES string of the molecule is CCN(CC)C(C)CNS(=O)(=O)Cc1ccccc1C. The molecule has 1 rings (SSSR count). The van der Waals surface area contributed by atoms with Gasteiger partial charge in [0.15, 0.2) is 0 Å². The lowest BCUT2D eigenvalue weighted by molar-refractivity contribution is 0.232. The molecule has 0 saturated carbocycles. The fourth-order valence-corrected chi connectivity index (χ4v) is 3.58. The van der Waals surface area contributed by atoms with Crippen LogP contribution in [0.25, 0.3) is 0 Å². The second-order valence-electron chi connectivity index (χ2n) is 5.10. The second-order valence-corrected chi connectivity index (χ2v) is 6.91. The molecular formula is C15H26N2O2S. The van der Waals surface area contributed by atoms with E-state index >= 15 is 0 Å². The molecule has 1 N–H and O–H groups in total. The summed E-state index contributed by atoms with van der Waals surface area (Å²) < 4.78 is 27.0. The van der Waals surface area contributed by atoms with Crippen molar-refractivity contribution < 1.29 is 8.42 Å². The van der Waals surface area contributed by atoms with E-state index in [9.17, 15) is 8.42 Å². The van der Waals surface area contributed by atoms with Gasteiger partial charge in [-0.1, -0.05) is 38.1 Å². The lowest BCUT2D eigenvalue weighted by atomic mass is 10.1. The van der Waals surface area contributed by atoms with Gasteiger partial charge in [-0.2, -0.15) is 0 Å². The smallest absolute Gasteiger partial charge is 0.215 e. The Morgan fingerprint density at radius 2 is 1.80 bits per heavy atom. The average Bonchev–Trinajstić information content (AvgIpc) is 2.40. The number of hydrogen-bond acceptors (Lipinski definition) is 3. The first kappa shape index (κ1) is 17.1. The fraction of sp³-hybridized carbons (Fsp3) is 0.600. The topological polar surface area (TPSA) is 49.4 Å². The van der Waals surface area contributed by atoms with Crippen molar-refractivity contribution in [3.05, 3.63) is 35.4 Å². The maximum atomic E-state index is 12.1. The Labute approximate surface area is 123 Å². The summed E-state index contributed by atoms with van der Waals surface area (Å²) in [6.45, 7) is 10.5. The van der Waals surface area contributed by atoms with E-state index in [-0.39, 0.29) is 11.8 Å². The van der Waals surface area contributed by atoms with E-state index in [1.807, 2.05) is 38.1 Å². The summed E-state index contributed by atoms with van der Waals surface area (Å²) in [5, 5.41) is 0. The van der Waals surface area contributed by atoms with Crippen molar-refractivity contribution in [3.63, 3.8) is 0 Å². The van der Waals surface area contributed by atoms with Gasteiger partial charge in [-0.25, -0.2) is 13.1 Å². The number of aryl methyl sites for hydroxylation is 1. The molecule has 0 saturated heterocycles. The molecule has 0 fully saturated rings. The zero-order valence-electron chi connectivity index (χ0n) is 12.9. The van der Waals surface area contributed by atoms with Crippen LogP contribution in [-0.4, -0.2) is 39.0 Å². The molecule has 0 aliphatic carbocycles. The summed E-state index contributed by atoms with van der Waals surface area (Å²) in [7, 11) is -3.28. The van der Waals surface area contributed by atoms with Crippen LogP contribution in [0.5, 0.6) is 0 Å². The molecule has 114 valence electrons. The zero-order chi connectivity index (χ0) is 15.2.